The molecule has 0 heterocycles. The van der Waals surface area contributed by atoms with Crippen molar-refractivity contribution in [3.63, 3.8) is 0 Å². The highest BCUT2D eigenvalue weighted by atomic mass is 16.5. The van der Waals surface area contributed by atoms with Crippen LogP contribution in [-0.2, 0) is 10.2 Å². The summed E-state index contributed by atoms with van der Waals surface area (Å²) in [5.41, 5.74) is 3.11. The zero-order chi connectivity index (χ0) is 20.0. The van der Waals surface area contributed by atoms with E-state index in [1.165, 1.54) is 5.56 Å². The first kappa shape index (κ1) is 19.4. The van der Waals surface area contributed by atoms with E-state index in [0.717, 1.165) is 22.7 Å². The van der Waals surface area contributed by atoms with E-state index in [9.17, 15) is 4.79 Å². The lowest BCUT2D eigenvalue weighted by atomic mass is 9.87. The van der Waals surface area contributed by atoms with Gasteiger partial charge in [0.2, 0.25) is 5.91 Å². The molecule has 3 heteroatoms. The average Bonchev–Trinajstić information content (AvgIpc) is 2.68. The molecule has 0 aromatic heterocycles. The predicted molar refractivity (Wildman–Crippen MR) is 116 cm³/mol. The lowest BCUT2D eigenvalue weighted by Gasteiger charge is -2.18. The minimum atomic E-state index is -0.170. The first-order valence-corrected chi connectivity index (χ1v) is 9.33. The molecule has 3 nitrogen and oxygen atoms in total. The van der Waals surface area contributed by atoms with E-state index in [0.29, 0.717) is 0 Å². The first-order valence-electron chi connectivity index (χ1n) is 9.33. The van der Waals surface area contributed by atoms with Crippen LogP contribution in [-0.4, -0.2) is 5.91 Å². The molecule has 28 heavy (non-hydrogen) atoms. The third kappa shape index (κ3) is 5.58. The van der Waals surface area contributed by atoms with Crippen LogP contribution in [0.5, 0.6) is 11.5 Å². The second-order valence-corrected chi connectivity index (χ2v) is 7.63. The van der Waals surface area contributed by atoms with Gasteiger partial charge in [0.05, 0.1) is 0 Å². The third-order valence-electron chi connectivity index (χ3n) is 4.30. The van der Waals surface area contributed by atoms with E-state index in [2.05, 4.69) is 38.2 Å². The van der Waals surface area contributed by atoms with E-state index >= 15 is 0 Å². The van der Waals surface area contributed by atoms with Crippen LogP contribution in [0.2, 0.25) is 0 Å². The van der Waals surface area contributed by atoms with Gasteiger partial charge in [-0.3, -0.25) is 4.79 Å². The van der Waals surface area contributed by atoms with Crippen LogP contribution in [0.4, 0.5) is 5.69 Å². The highest BCUT2D eigenvalue weighted by Gasteiger charge is 2.12. The number of nitrogens with one attached hydrogen (secondary N) is 1. The van der Waals surface area contributed by atoms with Crippen molar-refractivity contribution in [3.05, 3.63) is 96.1 Å². The monoisotopic (exact) mass is 371 g/mol. The minimum absolute atomic E-state index is 0.121. The third-order valence-corrected chi connectivity index (χ3v) is 4.30. The molecule has 1 N–H and O–H groups in total. The van der Waals surface area contributed by atoms with Crippen LogP contribution < -0.4 is 10.1 Å². The molecule has 3 aromatic rings. The first-order chi connectivity index (χ1) is 13.4. The van der Waals surface area contributed by atoms with Gasteiger partial charge in [0.25, 0.3) is 0 Å². The number of rotatable bonds is 5. The Morgan fingerprint density at radius 2 is 1.43 bits per heavy atom. The number of amides is 1. The Labute approximate surface area is 166 Å². The zero-order valence-corrected chi connectivity index (χ0v) is 16.5. The predicted octanol–water partition coefficient (Wildman–Crippen LogP) is 6.43. The number of hydrogen-bond donors (Lipinski definition) is 1. The van der Waals surface area contributed by atoms with Crippen molar-refractivity contribution in [1.29, 1.82) is 0 Å². The molecule has 142 valence electrons. The van der Waals surface area contributed by atoms with Crippen molar-refractivity contribution in [2.45, 2.75) is 26.2 Å². The van der Waals surface area contributed by atoms with Crippen LogP contribution in [0.3, 0.4) is 0 Å². The van der Waals surface area contributed by atoms with Gasteiger partial charge in [0.1, 0.15) is 11.5 Å². The van der Waals surface area contributed by atoms with Crippen molar-refractivity contribution < 1.29 is 9.53 Å². The molecule has 0 saturated heterocycles. The van der Waals surface area contributed by atoms with E-state index in [1.807, 2.05) is 72.8 Å². The molecule has 0 radical (unpaired) electrons. The maximum Gasteiger partial charge on any atom is 0.248 e. The summed E-state index contributed by atoms with van der Waals surface area (Å²) in [6.45, 7) is 6.55. The normalized spacial score (nSPS) is 11.4. The largest absolute Gasteiger partial charge is 0.457 e. The van der Waals surface area contributed by atoms with Crippen LogP contribution in [0, 0.1) is 0 Å². The van der Waals surface area contributed by atoms with Gasteiger partial charge in [-0.1, -0.05) is 63.2 Å². The second kappa shape index (κ2) is 8.57. The van der Waals surface area contributed by atoms with Gasteiger partial charge >= 0.3 is 0 Å². The Morgan fingerprint density at radius 1 is 0.821 bits per heavy atom. The number of carbonyl (C=O) groups excluding carboxylic acids is 1. The molecule has 3 rings (SSSR count). The van der Waals surface area contributed by atoms with Gasteiger partial charge in [-0.15, -0.1) is 0 Å². The van der Waals surface area contributed by atoms with Crippen LogP contribution in [0.25, 0.3) is 6.08 Å². The van der Waals surface area contributed by atoms with Gasteiger partial charge in [0, 0.05) is 11.8 Å². The average molecular weight is 371 g/mol. The van der Waals surface area contributed by atoms with Crippen molar-refractivity contribution in [3.8, 4) is 11.5 Å². The zero-order valence-electron chi connectivity index (χ0n) is 16.5. The SMILES string of the molecule is CC(C)(C)c1ccc(C=CC(=O)Nc2ccc(Oc3ccccc3)cc2)cc1. The standard InChI is InChI=1S/C25H25NO2/c1-25(2,3)20-12-9-19(10-13-20)11-18-24(27)26-21-14-16-23(17-15-21)28-22-7-5-4-6-8-22/h4-18H,1-3H3,(H,26,27). The number of anilines is 1. The van der Waals surface area contributed by atoms with Gasteiger partial charge < -0.3 is 10.1 Å². The van der Waals surface area contributed by atoms with E-state index in [-0.39, 0.29) is 11.3 Å². The lowest BCUT2D eigenvalue weighted by Crippen LogP contribution is -2.10. The molecule has 3 aromatic carbocycles. The van der Waals surface area contributed by atoms with Gasteiger partial charge in [-0.25, -0.2) is 0 Å². The van der Waals surface area contributed by atoms with E-state index < -0.39 is 0 Å². The molecular weight excluding hydrogens is 346 g/mol. The van der Waals surface area contributed by atoms with Gasteiger partial charge in [-0.05, 0) is 59.0 Å². The van der Waals surface area contributed by atoms with Crippen molar-refractivity contribution in [2.75, 3.05) is 5.32 Å². The lowest BCUT2D eigenvalue weighted by molar-refractivity contribution is -0.111. The van der Waals surface area contributed by atoms with E-state index in [1.54, 1.807) is 6.08 Å². The smallest absolute Gasteiger partial charge is 0.248 e. The Morgan fingerprint density at radius 3 is 2.04 bits per heavy atom. The Bertz CT molecular complexity index is 935. The quantitative estimate of drug-likeness (QED) is 0.525. The molecule has 0 spiro atoms. The molecular formula is C25H25NO2. The number of ether oxygens (including phenoxy) is 1. The molecule has 0 aliphatic rings. The molecule has 0 bridgehead atoms. The topological polar surface area (TPSA) is 38.3 Å². The molecule has 0 unspecified atom stereocenters. The number of para-hydroxylation sites is 1. The van der Waals surface area contributed by atoms with Crippen molar-refractivity contribution in [1.82, 2.24) is 0 Å². The molecule has 0 atom stereocenters. The Hall–Kier alpha value is -3.33. The summed E-state index contributed by atoms with van der Waals surface area (Å²) in [6.07, 6.45) is 3.36. The highest BCUT2D eigenvalue weighted by molar-refractivity contribution is 6.01. The summed E-state index contributed by atoms with van der Waals surface area (Å²) < 4.78 is 5.75. The summed E-state index contributed by atoms with van der Waals surface area (Å²) >= 11 is 0. The molecule has 1 amide bonds. The number of hydrogen-bond acceptors (Lipinski definition) is 2. The molecule has 0 aliphatic heterocycles. The number of benzene rings is 3. The number of carbonyl (C=O) groups is 1. The maximum absolute atomic E-state index is 12.2. The Balaban J connectivity index is 1.56. The molecule has 0 saturated carbocycles. The van der Waals surface area contributed by atoms with Crippen LogP contribution in [0.1, 0.15) is 31.9 Å². The summed E-state index contributed by atoms with van der Waals surface area (Å²) in [4.78, 5) is 12.2. The second-order valence-electron chi connectivity index (χ2n) is 7.63. The van der Waals surface area contributed by atoms with Crippen molar-refractivity contribution >= 4 is 17.7 Å². The summed E-state index contributed by atoms with van der Waals surface area (Å²) in [7, 11) is 0. The minimum Gasteiger partial charge on any atom is -0.457 e. The van der Waals surface area contributed by atoms with Crippen LogP contribution in [0.15, 0.2) is 84.9 Å². The fourth-order valence-electron chi connectivity index (χ4n) is 2.68. The summed E-state index contributed by atoms with van der Waals surface area (Å²) in [5.74, 6) is 1.33. The van der Waals surface area contributed by atoms with Gasteiger partial charge in [-0.2, -0.15) is 0 Å². The maximum atomic E-state index is 12.2. The van der Waals surface area contributed by atoms with Gasteiger partial charge in [0.15, 0.2) is 0 Å². The van der Waals surface area contributed by atoms with E-state index in [4.69, 9.17) is 4.74 Å². The van der Waals surface area contributed by atoms with Crippen LogP contribution >= 0.6 is 0 Å². The molecule has 0 fully saturated rings. The van der Waals surface area contributed by atoms with Crippen molar-refractivity contribution in [2.24, 2.45) is 0 Å². The molecule has 0 aliphatic carbocycles. The highest BCUT2D eigenvalue weighted by Crippen LogP contribution is 2.23. The summed E-state index contributed by atoms with van der Waals surface area (Å²) in [5, 5.41) is 2.86. The fraction of sp³-hybridized carbons (Fsp3) is 0.160. The summed E-state index contributed by atoms with van der Waals surface area (Å²) in [6, 6.07) is 25.1. The fourth-order valence-corrected chi connectivity index (χ4v) is 2.68. The Kier molecular flexibility index (Phi) is 5.95.